The van der Waals surface area contributed by atoms with Crippen molar-refractivity contribution in [1.82, 2.24) is 9.97 Å². The number of benzene rings is 1. The predicted molar refractivity (Wildman–Crippen MR) is 77.0 cm³/mol. The summed E-state index contributed by atoms with van der Waals surface area (Å²) in [7, 11) is 0. The molecule has 0 unspecified atom stereocenters. The van der Waals surface area contributed by atoms with Gasteiger partial charge in [-0.3, -0.25) is 9.78 Å². The van der Waals surface area contributed by atoms with Gasteiger partial charge in [-0.2, -0.15) is 0 Å². The number of aromatic nitrogens is 2. The average Bonchev–Trinajstić information content (AvgIpc) is 2.38. The molecule has 0 amide bonds. The molecule has 1 aromatic carbocycles. The van der Waals surface area contributed by atoms with Crippen LogP contribution in [0, 0.1) is 17.0 Å². The molecule has 1 N–H and O–H groups in total. The van der Waals surface area contributed by atoms with Gasteiger partial charge in [0.15, 0.2) is 17.4 Å². The molecule has 0 fully saturated rings. The third kappa shape index (κ3) is 2.45. The van der Waals surface area contributed by atoms with Crippen LogP contribution < -0.4 is 0 Å². The van der Waals surface area contributed by atoms with Crippen molar-refractivity contribution in [2.24, 2.45) is 5.41 Å². The van der Waals surface area contributed by atoms with Gasteiger partial charge in [0.05, 0.1) is 28.5 Å². The van der Waals surface area contributed by atoms with Crippen LogP contribution in [-0.4, -0.2) is 20.9 Å². The van der Waals surface area contributed by atoms with Crippen LogP contribution in [0.25, 0.3) is 16.6 Å². The van der Waals surface area contributed by atoms with Gasteiger partial charge in [0.2, 0.25) is 0 Å². The Hall–Kier alpha value is -2.37. The number of carbonyl (C=O) groups excluding carboxylic acids is 1. The first kappa shape index (κ1) is 14.6. The highest BCUT2D eigenvalue weighted by Gasteiger charge is 2.34. The molecule has 4 nitrogen and oxygen atoms in total. The molecule has 3 rings (SSSR count). The molecule has 0 radical (unpaired) electrons. The van der Waals surface area contributed by atoms with E-state index in [9.17, 15) is 18.7 Å². The van der Waals surface area contributed by atoms with E-state index in [0.717, 1.165) is 12.1 Å². The maximum absolute atomic E-state index is 13.3. The number of hydrogen-bond acceptors (Lipinski definition) is 4. The first-order valence-corrected chi connectivity index (χ1v) is 6.84. The zero-order valence-electron chi connectivity index (χ0n) is 12.2. The van der Waals surface area contributed by atoms with E-state index in [-0.39, 0.29) is 45.7 Å². The van der Waals surface area contributed by atoms with E-state index in [1.807, 2.05) is 13.8 Å². The Balaban J connectivity index is 2.14. The lowest BCUT2D eigenvalue weighted by molar-refractivity contribution is -0.116. The molecule has 1 aliphatic rings. The van der Waals surface area contributed by atoms with Crippen LogP contribution in [0.1, 0.15) is 32.4 Å². The highest BCUT2D eigenvalue weighted by molar-refractivity contribution is 6.21. The van der Waals surface area contributed by atoms with Gasteiger partial charge in [-0.15, -0.1) is 0 Å². The minimum atomic E-state index is -1.03. The molecule has 2 aromatic rings. The van der Waals surface area contributed by atoms with Crippen molar-refractivity contribution in [3.8, 4) is 0 Å². The third-order valence-corrected chi connectivity index (χ3v) is 3.69. The second-order valence-corrected chi connectivity index (χ2v) is 6.27. The Morgan fingerprint density at radius 1 is 1.14 bits per heavy atom. The lowest BCUT2D eigenvalue weighted by Crippen LogP contribution is -2.25. The summed E-state index contributed by atoms with van der Waals surface area (Å²) in [5, 5.41) is 10.2. The number of Topliss-reactive ketones (excluding diaryl/α,β-unsaturated/α-hetero) is 1. The zero-order chi connectivity index (χ0) is 16.1. The summed E-state index contributed by atoms with van der Waals surface area (Å²) in [6.45, 7) is 3.78. The van der Waals surface area contributed by atoms with Crippen LogP contribution >= 0.6 is 0 Å². The third-order valence-electron chi connectivity index (χ3n) is 3.69. The first-order chi connectivity index (χ1) is 10.3. The fraction of sp³-hybridized carbons (Fsp3) is 0.312. The molecule has 0 aliphatic heterocycles. The number of aliphatic hydroxyl groups is 1. The Bertz CT molecular complexity index is 828. The number of fused-ring (bicyclic) bond motifs is 1. The summed E-state index contributed by atoms with van der Waals surface area (Å²) in [5.41, 5.74) is 0.292. The van der Waals surface area contributed by atoms with Gasteiger partial charge in [-0.05, 0) is 5.41 Å². The van der Waals surface area contributed by atoms with E-state index in [4.69, 9.17) is 0 Å². The monoisotopic (exact) mass is 304 g/mol. The second kappa shape index (κ2) is 4.83. The molecule has 0 spiro atoms. The largest absolute Gasteiger partial charge is 0.511 e. The van der Waals surface area contributed by atoms with Gasteiger partial charge in [0.1, 0.15) is 5.76 Å². The van der Waals surface area contributed by atoms with Crippen molar-refractivity contribution in [1.29, 1.82) is 0 Å². The zero-order valence-corrected chi connectivity index (χ0v) is 12.2. The molecule has 6 heteroatoms. The van der Waals surface area contributed by atoms with Crippen LogP contribution in [0.3, 0.4) is 0 Å². The van der Waals surface area contributed by atoms with Crippen LogP contribution in [0.2, 0.25) is 0 Å². The fourth-order valence-corrected chi connectivity index (χ4v) is 2.71. The van der Waals surface area contributed by atoms with Crippen molar-refractivity contribution in [3.63, 3.8) is 0 Å². The van der Waals surface area contributed by atoms with Crippen molar-refractivity contribution >= 4 is 22.4 Å². The Morgan fingerprint density at radius 3 is 2.41 bits per heavy atom. The molecule has 0 saturated carbocycles. The average molecular weight is 304 g/mol. The molecule has 114 valence electrons. The SMILES string of the molecule is CC1(C)CC(=O)C(c2cnc3cc(F)c(F)cc3n2)=C(O)C1. The van der Waals surface area contributed by atoms with Crippen molar-refractivity contribution in [2.75, 3.05) is 0 Å². The number of halogens is 2. The number of allylic oxidation sites excluding steroid dienone is 2. The van der Waals surface area contributed by atoms with E-state index < -0.39 is 11.6 Å². The normalized spacial score (nSPS) is 18.1. The lowest BCUT2D eigenvalue weighted by atomic mass is 9.76. The minimum Gasteiger partial charge on any atom is -0.511 e. The fourth-order valence-electron chi connectivity index (χ4n) is 2.71. The molecule has 0 bridgehead atoms. The number of ketones is 1. The number of nitrogens with zero attached hydrogens (tertiary/aromatic N) is 2. The summed E-state index contributed by atoms with van der Waals surface area (Å²) in [6.07, 6.45) is 1.93. The predicted octanol–water partition coefficient (Wildman–Crippen LogP) is 3.57. The Morgan fingerprint density at radius 2 is 1.77 bits per heavy atom. The van der Waals surface area contributed by atoms with E-state index in [1.54, 1.807) is 0 Å². The van der Waals surface area contributed by atoms with Gasteiger partial charge in [-0.25, -0.2) is 13.8 Å². The van der Waals surface area contributed by atoms with Gasteiger partial charge >= 0.3 is 0 Å². The van der Waals surface area contributed by atoms with E-state index >= 15 is 0 Å². The number of carbonyl (C=O) groups is 1. The van der Waals surface area contributed by atoms with E-state index in [2.05, 4.69) is 9.97 Å². The topological polar surface area (TPSA) is 63.1 Å². The van der Waals surface area contributed by atoms with Crippen LogP contribution in [0.4, 0.5) is 8.78 Å². The Labute approximate surface area is 125 Å². The summed E-state index contributed by atoms with van der Waals surface area (Å²) < 4.78 is 26.5. The Kier molecular flexibility index (Phi) is 3.20. The minimum absolute atomic E-state index is 0.0440. The van der Waals surface area contributed by atoms with Crippen LogP contribution in [0.15, 0.2) is 24.1 Å². The van der Waals surface area contributed by atoms with E-state index in [0.29, 0.717) is 6.42 Å². The molecular formula is C16H14F2N2O2. The summed E-state index contributed by atoms with van der Waals surface area (Å²) in [6, 6.07) is 1.87. The highest BCUT2D eigenvalue weighted by atomic mass is 19.2. The number of aliphatic hydroxyl groups excluding tert-OH is 1. The lowest BCUT2D eigenvalue weighted by Gasteiger charge is -2.29. The van der Waals surface area contributed by atoms with Gasteiger partial charge in [0.25, 0.3) is 0 Å². The maximum Gasteiger partial charge on any atom is 0.169 e. The summed E-state index contributed by atoms with van der Waals surface area (Å²) >= 11 is 0. The quantitative estimate of drug-likeness (QED) is 0.875. The summed E-state index contributed by atoms with van der Waals surface area (Å²) in [5.74, 6) is -2.32. The van der Waals surface area contributed by atoms with Gasteiger partial charge < -0.3 is 5.11 Å². The van der Waals surface area contributed by atoms with Crippen molar-refractivity contribution < 1.29 is 18.7 Å². The molecule has 1 aliphatic carbocycles. The van der Waals surface area contributed by atoms with Crippen molar-refractivity contribution in [2.45, 2.75) is 26.7 Å². The number of hydrogen-bond donors (Lipinski definition) is 1. The van der Waals surface area contributed by atoms with Crippen molar-refractivity contribution in [3.05, 3.63) is 41.4 Å². The maximum atomic E-state index is 13.3. The van der Waals surface area contributed by atoms with Gasteiger partial charge in [0, 0.05) is 25.0 Å². The highest BCUT2D eigenvalue weighted by Crippen LogP contribution is 2.38. The smallest absolute Gasteiger partial charge is 0.169 e. The second-order valence-electron chi connectivity index (χ2n) is 6.27. The molecule has 0 atom stereocenters. The molecular weight excluding hydrogens is 290 g/mol. The first-order valence-electron chi connectivity index (χ1n) is 6.84. The van der Waals surface area contributed by atoms with Crippen LogP contribution in [0.5, 0.6) is 0 Å². The van der Waals surface area contributed by atoms with E-state index in [1.165, 1.54) is 6.20 Å². The molecule has 0 saturated heterocycles. The number of rotatable bonds is 1. The molecule has 22 heavy (non-hydrogen) atoms. The van der Waals surface area contributed by atoms with Gasteiger partial charge in [-0.1, -0.05) is 13.8 Å². The molecule has 1 heterocycles. The standard InChI is InChI=1S/C16H14F2N2O2/c1-16(2)5-13(21)15(14(22)6-16)12-7-19-10-3-8(17)9(18)4-11(10)20-12/h3-4,7,21H,5-6H2,1-2H3. The summed E-state index contributed by atoms with van der Waals surface area (Å²) in [4.78, 5) is 20.4. The van der Waals surface area contributed by atoms with Crippen LogP contribution in [-0.2, 0) is 4.79 Å². The molecule has 1 aromatic heterocycles.